The van der Waals surface area contributed by atoms with E-state index >= 15 is 0 Å². The van der Waals surface area contributed by atoms with E-state index in [4.69, 9.17) is 26.1 Å². The third-order valence-electron chi connectivity index (χ3n) is 6.00. The van der Waals surface area contributed by atoms with Crippen LogP contribution in [-0.4, -0.2) is 69.3 Å². The van der Waals surface area contributed by atoms with Gasteiger partial charge in [-0.15, -0.1) is 11.3 Å². The van der Waals surface area contributed by atoms with E-state index in [1.54, 1.807) is 25.6 Å². The van der Waals surface area contributed by atoms with E-state index in [0.29, 0.717) is 16.4 Å². The van der Waals surface area contributed by atoms with E-state index in [1.807, 2.05) is 36.4 Å². The Labute approximate surface area is 210 Å². The van der Waals surface area contributed by atoms with Crippen molar-refractivity contribution in [2.24, 2.45) is 0 Å². The van der Waals surface area contributed by atoms with Crippen molar-refractivity contribution in [3.63, 3.8) is 0 Å². The standard InChI is InChI=1S/C24H25ClN4O3S2/c1-31-16-7-8-17(32-2)21-20(16)27-24(34-21)29-13-11-28(12-14-29)10-9-26-23(30)22-19(25)15-5-3-4-6-18(15)33-22/h3-8H,9-14H2,1-2H3,(H,26,30). The van der Waals surface area contributed by atoms with Gasteiger partial charge in [0.25, 0.3) is 5.91 Å². The average Bonchev–Trinajstić information content (AvgIpc) is 3.46. The molecular weight excluding hydrogens is 492 g/mol. The van der Waals surface area contributed by atoms with Gasteiger partial charge in [0.05, 0.1) is 19.2 Å². The largest absolute Gasteiger partial charge is 0.495 e. The van der Waals surface area contributed by atoms with Crippen LogP contribution >= 0.6 is 34.3 Å². The molecule has 1 saturated heterocycles. The van der Waals surface area contributed by atoms with Gasteiger partial charge in [-0.3, -0.25) is 9.69 Å². The number of halogens is 1. The lowest BCUT2D eigenvalue weighted by Gasteiger charge is -2.34. The third kappa shape index (κ3) is 4.40. The highest BCUT2D eigenvalue weighted by atomic mass is 35.5. The van der Waals surface area contributed by atoms with Crippen LogP contribution in [0.25, 0.3) is 20.3 Å². The molecule has 178 valence electrons. The fraction of sp³-hybridized carbons (Fsp3) is 0.333. The Morgan fingerprint density at radius 1 is 1.06 bits per heavy atom. The third-order valence-corrected chi connectivity index (χ3v) is 8.80. The van der Waals surface area contributed by atoms with E-state index in [-0.39, 0.29) is 5.91 Å². The fourth-order valence-electron chi connectivity index (χ4n) is 4.14. The van der Waals surface area contributed by atoms with Gasteiger partial charge in [-0.25, -0.2) is 4.98 Å². The lowest BCUT2D eigenvalue weighted by atomic mass is 10.2. The number of rotatable bonds is 7. The second-order valence-electron chi connectivity index (χ2n) is 7.97. The maximum atomic E-state index is 12.7. The normalized spacial score (nSPS) is 14.6. The van der Waals surface area contributed by atoms with Gasteiger partial charge < -0.3 is 19.7 Å². The minimum Gasteiger partial charge on any atom is -0.495 e. The van der Waals surface area contributed by atoms with Gasteiger partial charge in [-0.2, -0.15) is 0 Å². The first-order chi connectivity index (χ1) is 16.6. The molecule has 2 aromatic carbocycles. The zero-order chi connectivity index (χ0) is 23.7. The van der Waals surface area contributed by atoms with E-state index in [1.165, 1.54) is 11.3 Å². The van der Waals surface area contributed by atoms with E-state index in [9.17, 15) is 4.79 Å². The molecule has 1 aliphatic heterocycles. The molecule has 7 nitrogen and oxygen atoms in total. The van der Waals surface area contributed by atoms with Gasteiger partial charge >= 0.3 is 0 Å². The monoisotopic (exact) mass is 516 g/mol. The molecule has 0 atom stereocenters. The van der Waals surface area contributed by atoms with Crippen molar-refractivity contribution in [3.05, 3.63) is 46.3 Å². The van der Waals surface area contributed by atoms with Gasteiger partial charge in [0, 0.05) is 49.4 Å². The van der Waals surface area contributed by atoms with Crippen LogP contribution in [0.15, 0.2) is 36.4 Å². The topological polar surface area (TPSA) is 66.9 Å². The van der Waals surface area contributed by atoms with Crippen molar-refractivity contribution in [1.29, 1.82) is 0 Å². The summed E-state index contributed by atoms with van der Waals surface area (Å²) in [5.74, 6) is 1.46. The highest BCUT2D eigenvalue weighted by molar-refractivity contribution is 7.22. The van der Waals surface area contributed by atoms with Gasteiger partial charge in [-0.1, -0.05) is 41.1 Å². The number of aromatic nitrogens is 1. The first-order valence-corrected chi connectivity index (χ1v) is 13.0. The molecule has 0 saturated carbocycles. The molecule has 3 heterocycles. The molecule has 1 fully saturated rings. The molecule has 1 N–H and O–H groups in total. The number of hydrogen-bond donors (Lipinski definition) is 1. The minimum atomic E-state index is -0.109. The fourth-order valence-corrected chi connectivity index (χ4v) is 6.70. The smallest absolute Gasteiger partial charge is 0.262 e. The molecule has 0 spiro atoms. The Kier molecular flexibility index (Phi) is 6.78. The zero-order valence-corrected chi connectivity index (χ0v) is 21.4. The minimum absolute atomic E-state index is 0.109. The number of nitrogens with zero attached hydrogens (tertiary/aromatic N) is 3. The second kappa shape index (κ2) is 9.95. The molecule has 10 heteroatoms. The van der Waals surface area contributed by atoms with Crippen LogP contribution in [0.3, 0.4) is 0 Å². The van der Waals surface area contributed by atoms with Crippen LogP contribution in [0.1, 0.15) is 9.67 Å². The van der Waals surface area contributed by atoms with Gasteiger partial charge in [-0.05, 0) is 18.2 Å². The van der Waals surface area contributed by atoms with Gasteiger partial charge in [0.2, 0.25) is 0 Å². The molecule has 2 aromatic heterocycles. The molecule has 1 amide bonds. The Morgan fingerprint density at radius 3 is 2.53 bits per heavy atom. The van der Waals surface area contributed by atoms with Crippen LogP contribution < -0.4 is 19.7 Å². The molecule has 1 aliphatic rings. The van der Waals surface area contributed by atoms with E-state index in [0.717, 1.165) is 69.7 Å². The number of carbonyl (C=O) groups excluding carboxylic acids is 1. The molecule has 34 heavy (non-hydrogen) atoms. The molecule has 5 rings (SSSR count). The second-order valence-corrected chi connectivity index (χ2v) is 10.4. The van der Waals surface area contributed by atoms with Crippen LogP contribution in [0, 0.1) is 0 Å². The van der Waals surface area contributed by atoms with Crippen LogP contribution in [0.2, 0.25) is 5.02 Å². The number of thiazole rings is 1. The van der Waals surface area contributed by atoms with Crippen molar-refractivity contribution >= 4 is 65.6 Å². The summed E-state index contributed by atoms with van der Waals surface area (Å²) in [6.07, 6.45) is 0. The van der Waals surface area contributed by atoms with E-state index < -0.39 is 0 Å². The predicted octanol–water partition coefficient (Wildman–Crippen LogP) is 4.73. The summed E-state index contributed by atoms with van der Waals surface area (Å²) in [5, 5.41) is 5.47. The number of anilines is 1. The summed E-state index contributed by atoms with van der Waals surface area (Å²) in [5.41, 5.74) is 0.840. The number of fused-ring (bicyclic) bond motifs is 2. The highest BCUT2D eigenvalue weighted by Crippen LogP contribution is 2.40. The number of nitrogens with one attached hydrogen (secondary N) is 1. The summed E-state index contributed by atoms with van der Waals surface area (Å²) in [4.78, 5) is 22.7. The summed E-state index contributed by atoms with van der Waals surface area (Å²) in [6, 6.07) is 11.6. The van der Waals surface area contributed by atoms with E-state index in [2.05, 4.69) is 15.1 Å². The quantitative estimate of drug-likeness (QED) is 0.383. The first-order valence-electron chi connectivity index (χ1n) is 11.0. The van der Waals surface area contributed by atoms with Crippen molar-refractivity contribution in [2.45, 2.75) is 0 Å². The number of hydrogen-bond acceptors (Lipinski definition) is 8. The molecule has 0 unspecified atom stereocenters. The van der Waals surface area contributed by atoms with Gasteiger partial charge in [0.15, 0.2) is 5.13 Å². The van der Waals surface area contributed by atoms with Crippen LogP contribution in [0.4, 0.5) is 5.13 Å². The molecule has 0 bridgehead atoms. The predicted molar refractivity (Wildman–Crippen MR) is 141 cm³/mol. The maximum Gasteiger partial charge on any atom is 0.262 e. The summed E-state index contributed by atoms with van der Waals surface area (Å²) < 4.78 is 13.0. The molecule has 4 aromatic rings. The van der Waals surface area contributed by atoms with Crippen molar-refractivity contribution in [2.75, 3.05) is 58.4 Å². The summed E-state index contributed by atoms with van der Waals surface area (Å²) in [7, 11) is 3.33. The number of carbonyl (C=O) groups is 1. The van der Waals surface area contributed by atoms with Crippen LogP contribution in [-0.2, 0) is 0 Å². The number of ether oxygens (including phenoxy) is 2. The zero-order valence-electron chi connectivity index (χ0n) is 19.0. The Morgan fingerprint density at radius 2 is 1.79 bits per heavy atom. The average molecular weight is 517 g/mol. The van der Waals surface area contributed by atoms with Crippen molar-refractivity contribution in [1.82, 2.24) is 15.2 Å². The number of amides is 1. The highest BCUT2D eigenvalue weighted by Gasteiger charge is 2.22. The lowest BCUT2D eigenvalue weighted by Crippen LogP contribution is -2.48. The lowest BCUT2D eigenvalue weighted by molar-refractivity contribution is 0.0952. The number of benzene rings is 2. The Hall–Kier alpha value is -2.59. The number of piperazine rings is 1. The van der Waals surface area contributed by atoms with Crippen LogP contribution in [0.5, 0.6) is 11.5 Å². The number of thiophene rings is 1. The summed E-state index contributed by atoms with van der Waals surface area (Å²) in [6.45, 7) is 4.94. The SMILES string of the molecule is COc1ccc(OC)c2sc(N3CCN(CCNC(=O)c4sc5ccccc5c4Cl)CC3)nc12. The van der Waals surface area contributed by atoms with Crippen molar-refractivity contribution < 1.29 is 14.3 Å². The number of methoxy groups -OCH3 is 2. The Balaban J connectivity index is 1.16. The Bertz CT molecular complexity index is 1290. The molecule has 0 aliphatic carbocycles. The summed E-state index contributed by atoms with van der Waals surface area (Å²) >= 11 is 9.50. The molecule has 0 radical (unpaired) electrons. The first kappa shape index (κ1) is 23.2. The molecular formula is C24H25ClN4O3S2. The van der Waals surface area contributed by atoms with Crippen molar-refractivity contribution in [3.8, 4) is 11.5 Å². The van der Waals surface area contributed by atoms with Gasteiger partial charge in [0.1, 0.15) is 26.6 Å². The maximum absolute atomic E-state index is 12.7.